The third kappa shape index (κ3) is 2.37. The van der Waals surface area contributed by atoms with Crippen molar-refractivity contribution in [1.29, 1.82) is 0 Å². The fourth-order valence-corrected chi connectivity index (χ4v) is 3.12. The lowest BCUT2D eigenvalue weighted by atomic mass is 9.90. The average molecular weight is 342 g/mol. The van der Waals surface area contributed by atoms with Crippen molar-refractivity contribution in [2.24, 2.45) is 0 Å². The molecule has 0 saturated carbocycles. The first-order valence-electron chi connectivity index (χ1n) is 7.79. The van der Waals surface area contributed by atoms with Crippen LogP contribution in [0.5, 0.6) is 28.7 Å². The van der Waals surface area contributed by atoms with Crippen molar-refractivity contribution in [3.8, 4) is 28.7 Å². The molecule has 2 aliphatic heterocycles. The van der Waals surface area contributed by atoms with Crippen LogP contribution in [0.15, 0.2) is 30.3 Å². The number of hydrogen-bond acceptors (Lipinski definition) is 6. The highest BCUT2D eigenvalue weighted by Gasteiger charge is 2.44. The molecule has 0 aliphatic carbocycles. The van der Waals surface area contributed by atoms with Crippen LogP contribution in [0.3, 0.4) is 0 Å². The van der Waals surface area contributed by atoms with Crippen molar-refractivity contribution in [2.45, 2.75) is 5.79 Å². The van der Waals surface area contributed by atoms with Crippen LogP contribution in [0.1, 0.15) is 11.1 Å². The maximum atomic E-state index is 11.0. The molecule has 1 N–H and O–H groups in total. The zero-order valence-electron chi connectivity index (χ0n) is 14.2. The number of fused-ring (bicyclic) bond motifs is 4. The topological polar surface area (TPSA) is 66.4 Å². The van der Waals surface area contributed by atoms with Crippen molar-refractivity contribution in [1.82, 2.24) is 0 Å². The van der Waals surface area contributed by atoms with Gasteiger partial charge in [-0.05, 0) is 24.3 Å². The molecule has 2 aliphatic rings. The molecule has 4 rings (SSSR count). The lowest BCUT2D eigenvalue weighted by molar-refractivity contribution is -0.116. The summed E-state index contributed by atoms with van der Waals surface area (Å²) in [6.45, 7) is -0.0298. The maximum absolute atomic E-state index is 11.0. The van der Waals surface area contributed by atoms with E-state index in [1.807, 2.05) is 18.2 Å². The van der Waals surface area contributed by atoms with E-state index in [4.69, 9.17) is 23.7 Å². The summed E-state index contributed by atoms with van der Waals surface area (Å²) in [5.74, 6) is 1.34. The molecule has 0 unspecified atom stereocenters. The molecule has 0 spiro atoms. The standard InChI is InChI=1S/C19H18O6/c1-21-12-5-4-11-6-14-13-8-17(22-2)18(23-3)9-16(13)24-10-19(14,20)25-15(11)7-12/h4-9,20H,10H2,1-3H3/t19-/m1/s1. The van der Waals surface area contributed by atoms with Crippen LogP contribution in [0.2, 0.25) is 0 Å². The Labute approximate surface area is 145 Å². The summed E-state index contributed by atoms with van der Waals surface area (Å²) in [5.41, 5.74) is 2.17. The molecule has 6 nitrogen and oxygen atoms in total. The lowest BCUT2D eigenvalue weighted by Crippen LogP contribution is -2.47. The van der Waals surface area contributed by atoms with Gasteiger partial charge in [-0.3, -0.25) is 0 Å². The summed E-state index contributed by atoms with van der Waals surface area (Å²) >= 11 is 0. The minimum Gasteiger partial charge on any atom is -0.497 e. The number of benzene rings is 2. The fourth-order valence-electron chi connectivity index (χ4n) is 3.12. The van der Waals surface area contributed by atoms with E-state index in [0.717, 1.165) is 5.56 Å². The Morgan fingerprint density at radius 1 is 0.960 bits per heavy atom. The van der Waals surface area contributed by atoms with Gasteiger partial charge in [0.15, 0.2) is 18.1 Å². The van der Waals surface area contributed by atoms with Gasteiger partial charge in [0, 0.05) is 28.8 Å². The van der Waals surface area contributed by atoms with E-state index in [1.165, 1.54) is 0 Å². The molecule has 25 heavy (non-hydrogen) atoms. The SMILES string of the molecule is COc1ccc2c(c1)O[C@]1(O)COc3cc(OC)c(OC)cc3C1=C2. The summed E-state index contributed by atoms with van der Waals surface area (Å²) in [6, 6.07) is 9.00. The molecule has 0 saturated heterocycles. The minimum atomic E-state index is -1.58. The second kappa shape index (κ2) is 5.60. The van der Waals surface area contributed by atoms with Gasteiger partial charge in [0.25, 0.3) is 5.79 Å². The molecule has 1 atom stereocenters. The highest BCUT2D eigenvalue weighted by molar-refractivity contribution is 5.92. The Balaban J connectivity index is 1.89. The number of aliphatic hydroxyl groups is 1. The Morgan fingerprint density at radius 3 is 2.44 bits per heavy atom. The number of hydrogen-bond donors (Lipinski definition) is 1. The highest BCUT2D eigenvalue weighted by Crippen LogP contribution is 2.48. The molecule has 6 heteroatoms. The summed E-state index contributed by atoms with van der Waals surface area (Å²) in [4.78, 5) is 0. The smallest absolute Gasteiger partial charge is 0.270 e. The van der Waals surface area contributed by atoms with Crippen LogP contribution in [0.25, 0.3) is 11.6 Å². The molecule has 2 aromatic carbocycles. The summed E-state index contributed by atoms with van der Waals surface area (Å²) in [7, 11) is 4.71. The zero-order chi connectivity index (χ0) is 17.6. The van der Waals surface area contributed by atoms with Crippen LogP contribution in [0, 0.1) is 0 Å². The van der Waals surface area contributed by atoms with Crippen molar-refractivity contribution in [2.75, 3.05) is 27.9 Å². The van der Waals surface area contributed by atoms with Crippen LogP contribution in [0.4, 0.5) is 0 Å². The summed E-state index contributed by atoms with van der Waals surface area (Å²) in [6.07, 6.45) is 1.89. The van der Waals surface area contributed by atoms with Gasteiger partial charge in [0.05, 0.1) is 21.3 Å². The third-order valence-corrected chi connectivity index (χ3v) is 4.42. The third-order valence-electron chi connectivity index (χ3n) is 4.42. The second-order valence-electron chi connectivity index (χ2n) is 5.84. The number of methoxy groups -OCH3 is 3. The predicted molar refractivity (Wildman–Crippen MR) is 91.5 cm³/mol. The molecule has 0 radical (unpaired) electrons. The van der Waals surface area contributed by atoms with Gasteiger partial charge in [-0.2, -0.15) is 0 Å². The monoisotopic (exact) mass is 342 g/mol. The van der Waals surface area contributed by atoms with Crippen LogP contribution < -0.4 is 23.7 Å². The Bertz CT molecular complexity index is 872. The van der Waals surface area contributed by atoms with Crippen LogP contribution >= 0.6 is 0 Å². The van der Waals surface area contributed by atoms with Gasteiger partial charge in [-0.15, -0.1) is 0 Å². The Morgan fingerprint density at radius 2 is 1.72 bits per heavy atom. The Hall–Kier alpha value is -2.86. The molecule has 0 fully saturated rings. The molecule has 2 heterocycles. The average Bonchev–Trinajstić information content (AvgIpc) is 2.64. The number of rotatable bonds is 3. The first-order chi connectivity index (χ1) is 12.1. The fraction of sp³-hybridized carbons (Fsp3) is 0.263. The first kappa shape index (κ1) is 15.7. The highest BCUT2D eigenvalue weighted by atomic mass is 16.7. The van der Waals surface area contributed by atoms with E-state index in [2.05, 4.69) is 0 Å². The molecule has 0 bridgehead atoms. The van der Waals surface area contributed by atoms with E-state index in [-0.39, 0.29) is 6.61 Å². The predicted octanol–water partition coefficient (Wildman–Crippen LogP) is 2.73. The van der Waals surface area contributed by atoms with E-state index >= 15 is 0 Å². The van der Waals surface area contributed by atoms with Gasteiger partial charge >= 0.3 is 0 Å². The van der Waals surface area contributed by atoms with E-state index in [0.29, 0.717) is 39.9 Å². The quantitative estimate of drug-likeness (QED) is 0.925. The molecule has 0 amide bonds. The number of ether oxygens (including phenoxy) is 5. The summed E-state index contributed by atoms with van der Waals surface area (Å²) in [5, 5.41) is 11.0. The van der Waals surface area contributed by atoms with Crippen LogP contribution in [-0.2, 0) is 0 Å². The minimum absolute atomic E-state index is 0.0298. The van der Waals surface area contributed by atoms with E-state index < -0.39 is 5.79 Å². The van der Waals surface area contributed by atoms with Gasteiger partial charge in [0.1, 0.15) is 17.2 Å². The van der Waals surface area contributed by atoms with Gasteiger partial charge in [-0.25, -0.2) is 0 Å². The largest absolute Gasteiger partial charge is 0.497 e. The van der Waals surface area contributed by atoms with Crippen molar-refractivity contribution >= 4 is 11.6 Å². The van der Waals surface area contributed by atoms with Crippen molar-refractivity contribution in [3.63, 3.8) is 0 Å². The normalized spacial score (nSPS) is 20.1. The molecule has 130 valence electrons. The molecular formula is C19H18O6. The van der Waals surface area contributed by atoms with E-state index in [1.54, 1.807) is 39.5 Å². The molecular weight excluding hydrogens is 324 g/mol. The van der Waals surface area contributed by atoms with Crippen molar-refractivity contribution < 1.29 is 28.8 Å². The second-order valence-corrected chi connectivity index (χ2v) is 5.84. The Kier molecular flexibility index (Phi) is 3.51. The summed E-state index contributed by atoms with van der Waals surface area (Å²) < 4.78 is 27.5. The van der Waals surface area contributed by atoms with Gasteiger partial charge in [-0.1, -0.05) is 0 Å². The lowest BCUT2D eigenvalue weighted by Gasteiger charge is -2.39. The van der Waals surface area contributed by atoms with Gasteiger partial charge < -0.3 is 28.8 Å². The zero-order valence-corrected chi connectivity index (χ0v) is 14.2. The molecule has 2 aromatic rings. The van der Waals surface area contributed by atoms with Gasteiger partial charge in [0.2, 0.25) is 0 Å². The van der Waals surface area contributed by atoms with Crippen LogP contribution in [-0.4, -0.2) is 38.8 Å². The maximum Gasteiger partial charge on any atom is 0.270 e. The van der Waals surface area contributed by atoms with Crippen molar-refractivity contribution in [3.05, 3.63) is 41.5 Å². The first-order valence-corrected chi connectivity index (χ1v) is 7.79. The molecule has 0 aromatic heterocycles. The van der Waals surface area contributed by atoms with E-state index in [9.17, 15) is 5.11 Å².